The van der Waals surface area contributed by atoms with E-state index in [9.17, 15) is 4.79 Å². The number of carbonyl (C=O) groups is 1. The molecule has 0 bridgehead atoms. The van der Waals surface area contributed by atoms with Crippen molar-refractivity contribution < 1.29 is 9.53 Å². The molecule has 3 aromatic heterocycles. The summed E-state index contributed by atoms with van der Waals surface area (Å²) in [4.78, 5) is 20.8. The summed E-state index contributed by atoms with van der Waals surface area (Å²) in [6.07, 6.45) is 8.31. The van der Waals surface area contributed by atoms with Crippen molar-refractivity contribution in [1.82, 2.24) is 19.7 Å². The van der Waals surface area contributed by atoms with Gasteiger partial charge in [0.1, 0.15) is 12.4 Å². The molecule has 0 aliphatic carbocycles. The summed E-state index contributed by atoms with van der Waals surface area (Å²) in [5, 5.41) is 9.92. The lowest BCUT2D eigenvalue weighted by atomic mass is 10.2. The van der Waals surface area contributed by atoms with E-state index >= 15 is 0 Å². The van der Waals surface area contributed by atoms with Gasteiger partial charge in [0.25, 0.3) is 0 Å². The first kappa shape index (κ1) is 19.5. The lowest BCUT2D eigenvalue weighted by Crippen LogP contribution is -2.08. The minimum atomic E-state index is -0.233. The Balaban J connectivity index is 1.29. The number of benzene rings is 1. The SMILES string of the molecule is Cc1nc(COc2ccc(/C=C/C(=O)Nc3ccc(-n4cccn4)nc3)cc2)cs1. The standard InChI is InChI=1S/C22H19N5O2S/c1-16-25-19(15-30-16)14-29-20-7-3-17(4-8-20)5-10-22(28)26-18-6-9-21(23-13-18)27-12-2-11-24-27/h2-13,15H,14H2,1H3,(H,26,28)/b10-5+. The molecule has 1 amide bonds. The molecule has 7 nitrogen and oxygen atoms in total. The third-order valence-corrected chi connectivity index (χ3v) is 4.94. The van der Waals surface area contributed by atoms with E-state index in [1.54, 1.807) is 52.8 Å². The number of anilines is 1. The average Bonchev–Trinajstić information content (AvgIpc) is 3.44. The van der Waals surface area contributed by atoms with Crippen LogP contribution in [0.3, 0.4) is 0 Å². The van der Waals surface area contributed by atoms with Gasteiger partial charge >= 0.3 is 0 Å². The first-order chi connectivity index (χ1) is 14.7. The minimum absolute atomic E-state index is 0.233. The first-order valence-electron chi connectivity index (χ1n) is 9.25. The number of ether oxygens (including phenoxy) is 1. The maximum absolute atomic E-state index is 12.2. The van der Waals surface area contributed by atoms with Crippen LogP contribution in [0.2, 0.25) is 0 Å². The molecule has 0 atom stereocenters. The van der Waals surface area contributed by atoms with E-state index in [-0.39, 0.29) is 5.91 Å². The Morgan fingerprint density at radius 2 is 2.10 bits per heavy atom. The number of aryl methyl sites for hydroxylation is 1. The second-order valence-electron chi connectivity index (χ2n) is 6.39. The zero-order valence-electron chi connectivity index (χ0n) is 16.2. The highest BCUT2D eigenvalue weighted by atomic mass is 32.1. The van der Waals surface area contributed by atoms with Gasteiger partial charge in [0.15, 0.2) is 5.82 Å². The molecular formula is C22H19N5O2S. The maximum Gasteiger partial charge on any atom is 0.248 e. The zero-order chi connectivity index (χ0) is 20.8. The van der Waals surface area contributed by atoms with Gasteiger partial charge in [-0.2, -0.15) is 5.10 Å². The Bertz CT molecular complexity index is 1130. The highest BCUT2D eigenvalue weighted by Gasteiger charge is 2.02. The summed E-state index contributed by atoms with van der Waals surface area (Å²) in [7, 11) is 0. The van der Waals surface area contributed by atoms with Crippen molar-refractivity contribution in [1.29, 1.82) is 0 Å². The molecule has 1 N–H and O–H groups in total. The van der Waals surface area contributed by atoms with Crippen LogP contribution in [0.25, 0.3) is 11.9 Å². The van der Waals surface area contributed by atoms with Crippen LogP contribution in [-0.4, -0.2) is 25.7 Å². The molecule has 150 valence electrons. The normalized spacial score (nSPS) is 11.0. The van der Waals surface area contributed by atoms with Crippen LogP contribution in [0.1, 0.15) is 16.3 Å². The van der Waals surface area contributed by atoms with Gasteiger partial charge in [-0.15, -0.1) is 11.3 Å². The fraction of sp³-hybridized carbons (Fsp3) is 0.0909. The molecule has 0 unspecified atom stereocenters. The maximum atomic E-state index is 12.2. The lowest BCUT2D eigenvalue weighted by molar-refractivity contribution is -0.111. The topological polar surface area (TPSA) is 81.9 Å². The molecule has 0 spiro atoms. The molecule has 0 aliphatic heterocycles. The van der Waals surface area contributed by atoms with Crippen LogP contribution in [0.4, 0.5) is 5.69 Å². The molecular weight excluding hydrogens is 398 g/mol. The van der Waals surface area contributed by atoms with E-state index in [0.29, 0.717) is 18.1 Å². The second kappa shape index (κ2) is 9.15. The van der Waals surface area contributed by atoms with Crippen LogP contribution in [0.5, 0.6) is 5.75 Å². The third kappa shape index (κ3) is 5.18. The van der Waals surface area contributed by atoms with Crippen molar-refractivity contribution in [2.45, 2.75) is 13.5 Å². The van der Waals surface area contributed by atoms with Crippen LogP contribution in [0.15, 0.2) is 72.5 Å². The summed E-state index contributed by atoms with van der Waals surface area (Å²) >= 11 is 1.61. The molecule has 1 aromatic carbocycles. The van der Waals surface area contributed by atoms with E-state index in [2.05, 4.69) is 20.4 Å². The number of thiazole rings is 1. The van der Waals surface area contributed by atoms with Gasteiger partial charge < -0.3 is 10.1 Å². The molecule has 8 heteroatoms. The Morgan fingerprint density at radius 1 is 1.23 bits per heavy atom. The quantitative estimate of drug-likeness (QED) is 0.454. The van der Waals surface area contributed by atoms with Gasteiger partial charge in [-0.25, -0.2) is 14.6 Å². The number of amides is 1. The largest absolute Gasteiger partial charge is 0.487 e. The van der Waals surface area contributed by atoms with Crippen LogP contribution in [-0.2, 0) is 11.4 Å². The third-order valence-electron chi connectivity index (χ3n) is 4.12. The Hall–Kier alpha value is -3.78. The number of nitrogens with zero attached hydrogens (tertiary/aromatic N) is 4. The highest BCUT2D eigenvalue weighted by molar-refractivity contribution is 7.09. The number of aromatic nitrogens is 4. The fourth-order valence-corrected chi connectivity index (χ4v) is 3.26. The van der Waals surface area contributed by atoms with Gasteiger partial charge in [-0.3, -0.25) is 4.79 Å². The summed E-state index contributed by atoms with van der Waals surface area (Å²) < 4.78 is 7.38. The predicted octanol–water partition coefficient (Wildman–Crippen LogP) is 4.26. The Labute approximate surface area is 177 Å². The molecule has 0 saturated heterocycles. The average molecular weight is 417 g/mol. The summed E-state index contributed by atoms with van der Waals surface area (Å²) in [6.45, 7) is 2.41. The predicted molar refractivity (Wildman–Crippen MR) is 117 cm³/mol. The van der Waals surface area contributed by atoms with Gasteiger partial charge in [0.05, 0.1) is 22.6 Å². The van der Waals surface area contributed by atoms with Crippen molar-refractivity contribution >= 4 is 29.0 Å². The molecule has 30 heavy (non-hydrogen) atoms. The van der Waals surface area contributed by atoms with Crippen LogP contribution in [0, 0.1) is 6.92 Å². The molecule has 3 heterocycles. The van der Waals surface area contributed by atoms with E-state index in [4.69, 9.17) is 4.74 Å². The summed E-state index contributed by atoms with van der Waals surface area (Å²) in [5.74, 6) is 1.20. The molecule has 0 fully saturated rings. The van der Waals surface area contributed by atoms with Crippen molar-refractivity contribution in [2.24, 2.45) is 0 Å². The van der Waals surface area contributed by atoms with Crippen LogP contribution >= 0.6 is 11.3 Å². The molecule has 4 aromatic rings. The number of hydrogen-bond acceptors (Lipinski definition) is 6. The van der Waals surface area contributed by atoms with Gasteiger partial charge in [0.2, 0.25) is 5.91 Å². The molecule has 0 aliphatic rings. The van der Waals surface area contributed by atoms with Gasteiger partial charge in [-0.05, 0) is 48.9 Å². The van der Waals surface area contributed by atoms with Crippen LogP contribution < -0.4 is 10.1 Å². The van der Waals surface area contributed by atoms with Gasteiger partial charge in [0, 0.05) is 23.8 Å². The number of carbonyl (C=O) groups excluding carboxylic acids is 1. The van der Waals surface area contributed by atoms with Crippen molar-refractivity contribution in [2.75, 3.05) is 5.32 Å². The van der Waals surface area contributed by atoms with Gasteiger partial charge in [-0.1, -0.05) is 12.1 Å². The molecule has 0 saturated carbocycles. The zero-order valence-corrected chi connectivity index (χ0v) is 17.0. The lowest BCUT2D eigenvalue weighted by Gasteiger charge is -2.05. The monoisotopic (exact) mass is 417 g/mol. The fourth-order valence-electron chi connectivity index (χ4n) is 2.66. The first-order valence-corrected chi connectivity index (χ1v) is 10.1. The van der Waals surface area contributed by atoms with Crippen molar-refractivity contribution in [3.05, 3.63) is 88.8 Å². The molecule has 0 radical (unpaired) electrons. The van der Waals surface area contributed by atoms with Crippen molar-refractivity contribution in [3.8, 4) is 11.6 Å². The van der Waals surface area contributed by atoms with E-state index in [1.165, 1.54) is 6.08 Å². The number of rotatable bonds is 7. The minimum Gasteiger partial charge on any atom is -0.487 e. The number of pyridine rings is 1. The van der Waals surface area contributed by atoms with Crippen molar-refractivity contribution in [3.63, 3.8) is 0 Å². The van der Waals surface area contributed by atoms with E-state index < -0.39 is 0 Å². The smallest absolute Gasteiger partial charge is 0.248 e. The molecule has 4 rings (SSSR count). The number of nitrogens with one attached hydrogen (secondary N) is 1. The summed E-state index contributed by atoms with van der Waals surface area (Å²) in [6, 6.07) is 12.9. The second-order valence-corrected chi connectivity index (χ2v) is 7.46. The van der Waals surface area contributed by atoms with E-state index in [1.807, 2.05) is 42.6 Å². The highest BCUT2D eigenvalue weighted by Crippen LogP contribution is 2.16. The van der Waals surface area contributed by atoms with E-state index in [0.717, 1.165) is 22.0 Å². The Kier molecular flexibility index (Phi) is 5.95. The Morgan fingerprint density at radius 3 is 2.77 bits per heavy atom. The number of hydrogen-bond donors (Lipinski definition) is 1. The summed E-state index contributed by atoms with van der Waals surface area (Å²) in [5.41, 5.74) is 2.43.